The third-order valence-electron chi connectivity index (χ3n) is 2.79. The van der Waals surface area contributed by atoms with E-state index in [1.807, 2.05) is 31.3 Å². The fourth-order valence-corrected chi connectivity index (χ4v) is 1.85. The lowest BCUT2D eigenvalue weighted by Gasteiger charge is -2.02. The molecule has 3 N–H and O–H groups in total. The summed E-state index contributed by atoms with van der Waals surface area (Å²) in [5, 5.41) is 6.48. The lowest BCUT2D eigenvalue weighted by molar-refractivity contribution is 0.655. The van der Waals surface area contributed by atoms with Gasteiger partial charge < -0.3 is 15.6 Å². The van der Waals surface area contributed by atoms with Crippen molar-refractivity contribution in [1.82, 2.24) is 15.3 Å². The van der Waals surface area contributed by atoms with Crippen LogP contribution in [0, 0.1) is 0 Å². The highest BCUT2D eigenvalue weighted by atomic mass is 15.1. The minimum absolute atomic E-state index is 0.875. The Morgan fingerprint density at radius 3 is 2.76 bits per heavy atom. The largest absolute Gasteiger partial charge is 0.356 e. The molecule has 4 heteroatoms. The Kier molecular flexibility index (Phi) is 4.38. The van der Waals surface area contributed by atoms with Gasteiger partial charge in [-0.2, -0.15) is 0 Å². The highest BCUT2D eigenvalue weighted by Crippen LogP contribution is 2.13. The number of hydrogen-bond acceptors (Lipinski definition) is 3. The quantitative estimate of drug-likeness (QED) is 0.642. The van der Waals surface area contributed by atoms with Crippen molar-refractivity contribution in [2.75, 3.05) is 25.5 Å². The molecule has 0 fully saturated rings. The first-order chi connectivity index (χ1) is 8.40. The van der Waals surface area contributed by atoms with Gasteiger partial charge in [-0.1, -0.05) is 18.6 Å². The summed E-state index contributed by atoms with van der Waals surface area (Å²) in [5.41, 5.74) is 2.11. The highest BCUT2D eigenvalue weighted by Gasteiger charge is 1.99. The molecular formula is C13H20N4. The number of H-pyrrole nitrogens is 1. The van der Waals surface area contributed by atoms with Crippen LogP contribution in [0.1, 0.15) is 19.3 Å². The molecule has 0 aliphatic heterocycles. The van der Waals surface area contributed by atoms with Crippen LogP contribution in [0.15, 0.2) is 24.3 Å². The van der Waals surface area contributed by atoms with E-state index < -0.39 is 0 Å². The molecule has 0 bridgehead atoms. The summed E-state index contributed by atoms with van der Waals surface area (Å²) in [6.07, 6.45) is 3.66. The number of nitrogens with one attached hydrogen (secondary N) is 3. The van der Waals surface area contributed by atoms with Crippen molar-refractivity contribution in [3.8, 4) is 0 Å². The Hall–Kier alpha value is -1.55. The minimum Gasteiger partial charge on any atom is -0.356 e. The molecule has 0 saturated carbocycles. The molecule has 0 saturated heterocycles. The van der Waals surface area contributed by atoms with Crippen LogP contribution < -0.4 is 10.6 Å². The van der Waals surface area contributed by atoms with E-state index in [0.717, 1.165) is 30.1 Å². The Labute approximate surface area is 102 Å². The molecular weight excluding hydrogens is 212 g/mol. The van der Waals surface area contributed by atoms with Gasteiger partial charge in [-0.15, -0.1) is 0 Å². The van der Waals surface area contributed by atoms with Gasteiger partial charge in [0.25, 0.3) is 0 Å². The van der Waals surface area contributed by atoms with E-state index >= 15 is 0 Å². The van der Waals surface area contributed by atoms with Crippen molar-refractivity contribution in [3.63, 3.8) is 0 Å². The topological polar surface area (TPSA) is 52.7 Å². The van der Waals surface area contributed by atoms with Crippen LogP contribution >= 0.6 is 0 Å². The van der Waals surface area contributed by atoms with Gasteiger partial charge >= 0.3 is 0 Å². The molecule has 1 aromatic carbocycles. The first kappa shape index (κ1) is 11.9. The summed E-state index contributed by atoms with van der Waals surface area (Å²) in [5.74, 6) is 0.875. The van der Waals surface area contributed by atoms with E-state index in [1.54, 1.807) is 0 Å². The van der Waals surface area contributed by atoms with E-state index in [0.29, 0.717) is 0 Å². The monoisotopic (exact) mass is 232 g/mol. The van der Waals surface area contributed by atoms with Gasteiger partial charge in [-0.3, -0.25) is 0 Å². The zero-order chi connectivity index (χ0) is 11.9. The zero-order valence-electron chi connectivity index (χ0n) is 10.3. The normalized spacial score (nSPS) is 10.9. The fraction of sp³-hybridized carbons (Fsp3) is 0.462. The summed E-state index contributed by atoms with van der Waals surface area (Å²) in [6.45, 7) is 2.08. The third kappa shape index (κ3) is 3.46. The maximum absolute atomic E-state index is 4.47. The number of anilines is 1. The Balaban J connectivity index is 1.75. The molecule has 0 spiro atoms. The van der Waals surface area contributed by atoms with E-state index in [1.165, 1.54) is 19.3 Å². The van der Waals surface area contributed by atoms with Crippen LogP contribution in [-0.2, 0) is 0 Å². The molecule has 92 valence electrons. The van der Waals surface area contributed by atoms with Gasteiger partial charge in [0.1, 0.15) is 0 Å². The summed E-state index contributed by atoms with van der Waals surface area (Å²) in [4.78, 5) is 7.73. The van der Waals surface area contributed by atoms with Gasteiger partial charge in [0.15, 0.2) is 0 Å². The number of aromatic amines is 1. The predicted octanol–water partition coefficient (Wildman–Crippen LogP) is 2.36. The molecule has 0 amide bonds. The number of nitrogens with zero attached hydrogens (tertiary/aromatic N) is 1. The number of fused-ring (bicyclic) bond motifs is 1. The summed E-state index contributed by atoms with van der Waals surface area (Å²) in [7, 11) is 1.99. The average molecular weight is 232 g/mol. The lowest BCUT2D eigenvalue weighted by atomic mass is 10.2. The number of rotatable bonds is 7. The molecule has 1 heterocycles. The molecule has 0 aliphatic carbocycles. The Bertz CT molecular complexity index is 416. The van der Waals surface area contributed by atoms with Gasteiger partial charge in [-0.25, -0.2) is 4.98 Å². The second-order valence-corrected chi connectivity index (χ2v) is 4.19. The summed E-state index contributed by atoms with van der Waals surface area (Å²) >= 11 is 0. The molecule has 4 nitrogen and oxygen atoms in total. The third-order valence-corrected chi connectivity index (χ3v) is 2.79. The Morgan fingerprint density at radius 1 is 1.12 bits per heavy atom. The van der Waals surface area contributed by atoms with Gasteiger partial charge in [0.05, 0.1) is 11.0 Å². The smallest absolute Gasteiger partial charge is 0.201 e. The van der Waals surface area contributed by atoms with Crippen LogP contribution in [0.25, 0.3) is 11.0 Å². The number of hydrogen-bond donors (Lipinski definition) is 3. The maximum atomic E-state index is 4.47. The van der Waals surface area contributed by atoms with Gasteiger partial charge in [0.2, 0.25) is 5.95 Å². The van der Waals surface area contributed by atoms with Crippen molar-refractivity contribution in [2.24, 2.45) is 0 Å². The van der Waals surface area contributed by atoms with Crippen molar-refractivity contribution in [1.29, 1.82) is 0 Å². The first-order valence-corrected chi connectivity index (χ1v) is 6.23. The van der Waals surface area contributed by atoms with Gasteiger partial charge in [0, 0.05) is 6.54 Å². The number of para-hydroxylation sites is 2. The molecule has 17 heavy (non-hydrogen) atoms. The van der Waals surface area contributed by atoms with Crippen molar-refractivity contribution >= 4 is 17.0 Å². The molecule has 0 aliphatic rings. The maximum Gasteiger partial charge on any atom is 0.201 e. The van der Waals surface area contributed by atoms with E-state index in [2.05, 4.69) is 20.6 Å². The van der Waals surface area contributed by atoms with Crippen LogP contribution in [0.2, 0.25) is 0 Å². The fourth-order valence-electron chi connectivity index (χ4n) is 1.85. The second-order valence-electron chi connectivity index (χ2n) is 4.19. The standard InChI is InChI=1S/C13H20N4/c1-14-9-5-2-6-10-15-13-16-11-7-3-4-8-12(11)17-13/h3-4,7-8,14H,2,5-6,9-10H2,1H3,(H2,15,16,17). The number of imidazole rings is 1. The number of unbranched alkanes of at least 4 members (excludes halogenated alkanes) is 2. The lowest BCUT2D eigenvalue weighted by Crippen LogP contribution is -2.08. The molecule has 0 radical (unpaired) electrons. The van der Waals surface area contributed by atoms with Crippen molar-refractivity contribution in [3.05, 3.63) is 24.3 Å². The minimum atomic E-state index is 0.875. The van der Waals surface area contributed by atoms with Crippen LogP contribution in [0.5, 0.6) is 0 Å². The number of aromatic nitrogens is 2. The van der Waals surface area contributed by atoms with E-state index in [4.69, 9.17) is 0 Å². The SMILES string of the molecule is CNCCCCCNc1nc2ccccc2[nH]1. The summed E-state index contributed by atoms with van der Waals surface area (Å²) in [6, 6.07) is 8.08. The average Bonchev–Trinajstić information content (AvgIpc) is 2.76. The molecule has 2 aromatic rings. The van der Waals surface area contributed by atoms with Crippen LogP contribution in [-0.4, -0.2) is 30.1 Å². The second kappa shape index (κ2) is 6.25. The first-order valence-electron chi connectivity index (χ1n) is 6.23. The van der Waals surface area contributed by atoms with E-state index in [-0.39, 0.29) is 0 Å². The van der Waals surface area contributed by atoms with E-state index in [9.17, 15) is 0 Å². The molecule has 2 rings (SSSR count). The van der Waals surface area contributed by atoms with Crippen molar-refractivity contribution < 1.29 is 0 Å². The zero-order valence-corrected chi connectivity index (χ0v) is 10.3. The molecule has 0 atom stereocenters. The molecule has 1 aromatic heterocycles. The van der Waals surface area contributed by atoms with Gasteiger partial charge in [-0.05, 0) is 38.6 Å². The van der Waals surface area contributed by atoms with Crippen molar-refractivity contribution in [2.45, 2.75) is 19.3 Å². The highest BCUT2D eigenvalue weighted by molar-refractivity contribution is 5.77. The summed E-state index contributed by atoms with van der Waals surface area (Å²) < 4.78 is 0. The van der Waals surface area contributed by atoms with Crippen LogP contribution in [0.3, 0.4) is 0 Å². The van der Waals surface area contributed by atoms with Crippen LogP contribution in [0.4, 0.5) is 5.95 Å². The Morgan fingerprint density at radius 2 is 1.94 bits per heavy atom. The number of benzene rings is 1. The predicted molar refractivity (Wildman–Crippen MR) is 72.4 cm³/mol. The molecule has 0 unspecified atom stereocenters.